The monoisotopic (exact) mass is 436 g/mol. The molecule has 1 saturated heterocycles. The SMILES string of the molecule is CO[C@H]1C[C@@H](Nc2nccc(-c3cccc(-c4cc([C@]5(O)CCN(C)C5=O)on4)n3)n2)C1. The van der Waals surface area contributed by atoms with Crippen molar-refractivity contribution in [1.29, 1.82) is 0 Å². The van der Waals surface area contributed by atoms with Crippen LogP contribution in [0, 0.1) is 0 Å². The summed E-state index contributed by atoms with van der Waals surface area (Å²) in [5.41, 5.74) is 0.618. The second kappa shape index (κ2) is 7.95. The first-order valence-electron chi connectivity index (χ1n) is 10.5. The standard InChI is InChI=1S/C22H24N6O4/c1-28-9-7-22(30,20(28)29)19-12-18(27-32-19)16-5-3-4-15(25-16)17-6-8-23-21(26-17)24-13-10-14(11-13)31-2/h3-6,8,12-14,30H,7,9-11H2,1-2H3,(H,23,24,26)/t13-,14+,22-/m1/s1. The smallest absolute Gasteiger partial charge is 0.262 e. The average Bonchev–Trinajstić information content (AvgIpc) is 3.39. The van der Waals surface area contributed by atoms with Gasteiger partial charge in [0.25, 0.3) is 5.91 Å². The van der Waals surface area contributed by atoms with Crippen molar-refractivity contribution in [3.05, 3.63) is 42.3 Å². The Kier molecular flexibility index (Phi) is 5.10. The second-order valence-electron chi connectivity index (χ2n) is 8.26. The van der Waals surface area contributed by atoms with E-state index in [2.05, 4.69) is 25.4 Å². The Morgan fingerprint density at radius 2 is 1.94 bits per heavy atom. The first kappa shape index (κ1) is 20.5. The molecular weight excluding hydrogens is 412 g/mol. The van der Waals surface area contributed by atoms with E-state index in [1.54, 1.807) is 38.6 Å². The van der Waals surface area contributed by atoms with Crippen LogP contribution in [0.25, 0.3) is 22.8 Å². The molecule has 166 valence electrons. The van der Waals surface area contributed by atoms with Crippen LogP contribution < -0.4 is 5.32 Å². The molecule has 10 heteroatoms. The lowest BCUT2D eigenvalue weighted by atomic mass is 9.89. The van der Waals surface area contributed by atoms with Crippen molar-refractivity contribution < 1.29 is 19.2 Å². The molecule has 0 bridgehead atoms. The summed E-state index contributed by atoms with van der Waals surface area (Å²) in [5, 5.41) is 18.1. The van der Waals surface area contributed by atoms with Crippen LogP contribution >= 0.6 is 0 Å². The van der Waals surface area contributed by atoms with Gasteiger partial charge in [-0.05, 0) is 31.0 Å². The minimum absolute atomic E-state index is 0.123. The van der Waals surface area contributed by atoms with Gasteiger partial charge in [-0.2, -0.15) is 0 Å². The number of anilines is 1. The predicted molar refractivity (Wildman–Crippen MR) is 114 cm³/mol. The highest BCUT2D eigenvalue weighted by molar-refractivity contribution is 5.87. The molecule has 3 aromatic rings. The average molecular weight is 436 g/mol. The number of pyridine rings is 1. The maximum absolute atomic E-state index is 12.3. The largest absolute Gasteiger partial charge is 0.381 e. The zero-order valence-electron chi connectivity index (χ0n) is 17.9. The van der Waals surface area contributed by atoms with E-state index in [9.17, 15) is 9.90 Å². The number of amides is 1. The number of rotatable bonds is 6. The highest BCUT2D eigenvalue weighted by Gasteiger charge is 2.48. The molecule has 5 rings (SSSR count). The lowest BCUT2D eigenvalue weighted by molar-refractivity contribution is -0.144. The first-order valence-corrected chi connectivity index (χ1v) is 10.5. The number of hydrogen-bond donors (Lipinski definition) is 2. The Morgan fingerprint density at radius 3 is 2.66 bits per heavy atom. The van der Waals surface area contributed by atoms with E-state index in [0.717, 1.165) is 12.8 Å². The fraction of sp³-hybridized carbons (Fsp3) is 0.409. The van der Waals surface area contributed by atoms with Gasteiger partial charge in [-0.3, -0.25) is 4.79 Å². The van der Waals surface area contributed by atoms with Crippen LogP contribution in [0.5, 0.6) is 0 Å². The number of ether oxygens (including phenoxy) is 1. The zero-order valence-corrected chi connectivity index (χ0v) is 17.9. The van der Waals surface area contributed by atoms with E-state index < -0.39 is 11.5 Å². The molecular formula is C22H24N6O4. The second-order valence-corrected chi connectivity index (χ2v) is 8.26. The van der Waals surface area contributed by atoms with Crippen LogP contribution in [0.1, 0.15) is 25.0 Å². The Balaban J connectivity index is 1.36. The maximum atomic E-state index is 12.3. The van der Waals surface area contributed by atoms with E-state index in [1.165, 1.54) is 4.90 Å². The number of likely N-dealkylation sites (N-methyl/N-ethyl adjacent to an activating group) is 1. The Bertz CT molecular complexity index is 1140. The number of nitrogens with one attached hydrogen (secondary N) is 1. The van der Waals surface area contributed by atoms with Gasteiger partial charge in [0.15, 0.2) is 5.76 Å². The summed E-state index contributed by atoms with van der Waals surface area (Å²) in [6.07, 6.45) is 4.10. The Hall–Kier alpha value is -3.37. The Morgan fingerprint density at radius 1 is 1.19 bits per heavy atom. The van der Waals surface area contributed by atoms with Crippen LogP contribution in [0.2, 0.25) is 0 Å². The lowest BCUT2D eigenvalue weighted by Crippen LogP contribution is -2.40. The number of carbonyl (C=O) groups excluding carboxylic acids is 1. The summed E-state index contributed by atoms with van der Waals surface area (Å²) >= 11 is 0. The van der Waals surface area contributed by atoms with Gasteiger partial charge in [-0.1, -0.05) is 11.2 Å². The third kappa shape index (κ3) is 3.61. The topological polar surface area (TPSA) is 126 Å². The fourth-order valence-electron chi connectivity index (χ4n) is 4.02. The molecule has 0 unspecified atom stereocenters. The van der Waals surface area contributed by atoms with Gasteiger partial charge in [0, 0.05) is 45.4 Å². The molecule has 1 saturated carbocycles. The summed E-state index contributed by atoms with van der Waals surface area (Å²) in [4.78, 5) is 27.3. The van der Waals surface area contributed by atoms with E-state index in [-0.39, 0.29) is 12.2 Å². The van der Waals surface area contributed by atoms with Crippen LogP contribution in [0.15, 0.2) is 41.1 Å². The Labute approximate surface area is 184 Å². The minimum atomic E-state index is -1.69. The number of nitrogens with zero attached hydrogens (tertiary/aromatic N) is 5. The fourth-order valence-corrected chi connectivity index (χ4v) is 4.02. The van der Waals surface area contributed by atoms with Gasteiger partial charge in [-0.25, -0.2) is 15.0 Å². The zero-order chi connectivity index (χ0) is 22.3. The summed E-state index contributed by atoms with van der Waals surface area (Å²) in [5.74, 6) is 0.271. The van der Waals surface area contributed by atoms with Gasteiger partial charge in [-0.15, -0.1) is 0 Å². The van der Waals surface area contributed by atoms with E-state index in [4.69, 9.17) is 9.26 Å². The van der Waals surface area contributed by atoms with Gasteiger partial charge < -0.3 is 24.6 Å². The van der Waals surface area contributed by atoms with Gasteiger partial charge in [0.05, 0.1) is 23.2 Å². The molecule has 0 radical (unpaired) electrons. The maximum Gasteiger partial charge on any atom is 0.262 e. The molecule has 1 atom stereocenters. The van der Waals surface area contributed by atoms with E-state index >= 15 is 0 Å². The van der Waals surface area contributed by atoms with E-state index in [1.807, 2.05) is 12.1 Å². The lowest BCUT2D eigenvalue weighted by Gasteiger charge is -2.34. The molecule has 10 nitrogen and oxygen atoms in total. The molecule has 1 aliphatic heterocycles. The minimum Gasteiger partial charge on any atom is -0.381 e. The number of likely N-dealkylation sites (tertiary alicyclic amines) is 1. The normalized spacial score (nSPS) is 25.1. The molecule has 32 heavy (non-hydrogen) atoms. The molecule has 2 fully saturated rings. The van der Waals surface area contributed by atoms with Crippen molar-refractivity contribution in [2.75, 3.05) is 26.0 Å². The van der Waals surface area contributed by atoms with Crippen LogP contribution in [0.3, 0.4) is 0 Å². The molecule has 1 aliphatic carbocycles. The van der Waals surface area contributed by atoms with Crippen molar-refractivity contribution in [3.8, 4) is 22.8 Å². The molecule has 1 amide bonds. The van der Waals surface area contributed by atoms with Gasteiger partial charge in [0.1, 0.15) is 5.69 Å². The molecule has 0 aromatic carbocycles. The van der Waals surface area contributed by atoms with Crippen LogP contribution in [0.4, 0.5) is 5.95 Å². The quantitative estimate of drug-likeness (QED) is 0.595. The van der Waals surface area contributed by atoms with Crippen molar-refractivity contribution in [2.24, 2.45) is 0 Å². The van der Waals surface area contributed by atoms with Crippen molar-refractivity contribution in [3.63, 3.8) is 0 Å². The van der Waals surface area contributed by atoms with Crippen molar-refractivity contribution in [1.82, 2.24) is 25.0 Å². The summed E-state index contributed by atoms with van der Waals surface area (Å²) in [6, 6.07) is 9.14. The van der Waals surface area contributed by atoms with Crippen molar-refractivity contribution in [2.45, 2.75) is 37.0 Å². The number of aromatic nitrogens is 4. The highest BCUT2D eigenvalue weighted by Crippen LogP contribution is 2.34. The number of carbonyl (C=O) groups is 1. The first-order chi connectivity index (χ1) is 15.5. The van der Waals surface area contributed by atoms with Crippen LogP contribution in [-0.2, 0) is 15.1 Å². The predicted octanol–water partition coefficient (Wildman–Crippen LogP) is 1.83. The third-order valence-corrected chi connectivity index (χ3v) is 6.12. The number of methoxy groups -OCH3 is 1. The molecule has 0 spiro atoms. The molecule has 2 N–H and O–H groups in total. The summed E-state index contributed by atoms with van der Waals surface area (Å²) < 4.78 is 10.6. The third-order valence-electron chi connectivity index (χ3n) is 6.12. The number of aliphatic hydroxyl groups is 1. The molecule has 4 heterocycles. The highest BCUT2D eigenvalue weighted by atomic mass is 16.5. The molecule has 3 aromatic heterocycles. The number of hydrogen-bond acceptors (Lipinski definition) is 9. The molecule has 2 aliphatic rings. The van der Waals surface area contributed by atoms with Crippen LogP contribution in [-0.4, -0.2) is 68.9 Å². The van der Waals surface area contributed by atoms with Gasteiger partial charge in [0.2, 0.25) is 11.5 Å². The summed E-state index contributed by atoms with van der Waals surface area (Å²) in [6.45, 7) is 0.455. The van der Waals surface area contributed by atoms with Crippen molar-refractivity contribution >= 4 is 11.9 Å². The summed E-state index contributed by atoms with van der Waals surface area (Å²) in [7, 11) is 3.37. The van der Waals surface area contributed by atoms with Gasteiger partial charge >= 0.3 is 0 Å². The van der Waals surface area contributed by atoms with E-state index in [0.29, 0.717) is 47.4 Å².